The van der Waals surface area contributed by atoms with E-state index < -0.39 is 27.8 Å². The highest BCUT2D eigenvalue weighted by Gasteiger charge is 2.31. The summed E-state index contributed by atoms with van der Waals surface area (Å²) in [5, 5.41) is 2.69. The molecule has 0 bridgehead atoms. The van der Waals surface area contributed by atoms with Gasteiger partial charge in [0.2, 0.25) is 15.9 Å². The number of benzene rings is 2. The Bertz CT molecular complexity index is 901. The standard InChI is InChI=1S/C20H25FN2O5S/c1-4-19(23(29(3,25)26)16-7-5-15(21)6-8-16)20(24)22-13-14-28-18-11-9-17(27-2)10-12-18/h5-12,19H,4,13-14H2,1-3H3,(H,22,24)/t19-/m1/s1. The first-order chi connectivity index (χ1) is 13.8. The van der Waals surface area contributed by atoms with Crippen molar-refractivity contribution in [3.63, 3.8) is 0 Å². The van der Waals surface area contributed by atoms with E-state index in [4.69, 9.17) is 9.47 Å². The molecule has 7 nitrogen and oxygen atoms in total. The van der Waals surface area contributed by atoms with E-state index >= 15 is 0 Å². The Labute approximate surface area is 170 Å². The number of anilines is 1. The van der Waals surface area contributed by atoms with Crippen LogP contribution in [0.5, 0.6) is 11.5 Å². The van der Waals surface area contributed by atoms with Crippen molar-refractivity contribution in [1.82, 2.24) is 5.32 Å². The molecule has 0 fully saturated rings. The average Bonchev–Trinajstić information content (AvgIpc) is 2.69. The molecular weight excluding hydrogens is 399 g/mol. The van der Waals surface area contributed by atoms with Gasteiger partial charge >= 0.3 is 0 Å². The number of sulfonamides is 1. The molecule has 29 heavy (non-hydrogen) atoms. The van der Waals surface area contributed by atoms with Crippen molar-refractivity contribution in [3.8, 4) is 11.5 Å². The molecule has 0 saturated carbocycles. The summed E-state index contributed by atoms with van der Waals surface area (Å²) < 4.78 is 49.4. The molecule has 0 unspecified atom stereocenters. The number of methoxy groups -OCH3 is 1. The number of nitrogens with zero attached hydrogens (tertiary/aromatic N) is 1. The second kappa shape index (κ2) is 10.1. The summed E-state index contributed by atoms with van der Waals surface area (Å²) in [5.41, 5.74) is 0.227. The normalized spacial score (nSPS) is 12.1. The molecule has 0 aromatic heterocycles. The fraction of sp³-hybridized carbons (Fsp3) is 0.350. The Balaban J connectivity index is 2.00. The van der Waals surface area contributed by atoms with Gasteiger partial charge < -0.3 is 14.8 Å². The molecule has 0 saturated heterocycles. The van der Waals surface area contributed by atoms with Gasteiger partial charge in [-0.1, -0.05) is 6.92 Å². The van der Waals surface area contributed by atoms with E-state index in [1.165, 1.54) is 12.1 Å². The lowest BCUT2D eigenvalue weighted by molar-refractivity contribution is -0.122. The number of ether oxygens (including phenoxy) is 2. The number of amides is 1. The lowest BCUT2D eigenvalue weighted by Crippen LogP contribution is -2.50. The fourth-order valence-corrected chi connectivity index (χ4v) is 3.99. The molecule has 0 heterocycles. The van der Waals surface area contributed by atoms with Crippen LogP contribution in [0.4, 0.5) is 10.1 Å². The van der Waals surface area contributed by atoms with Gasteiger partial charge in [-0.25, -0.2) is 12.8 Å². The maximum absolute atomic E-state index is 13.2. The van der Waals surface area contributed by atoms with Gasteiger partial charge in [0.25, 0.3) is 0 Å². The van der Waals surface area contributed by atoms with E-state index in [-0.39, 0.29) is 25.3 Å². The summed E-state index contributed by atoms with van der Waals surface area (Å²) in [6.45, 7) is 2.12. The van der Waals surface area contributed by atoms with Crippen LogP contribution in [0.2, 0.25) is 0 Å². The van der Waals surface area contributed by atoms with Crippen LogP contribution in [0, 0.1) is 5.82 Å². The van der Waals surface area contributed by atoms with Crippen LogP contribution in [0.3, 0.4) is 0 Å². The Hall–Kier alpha value is -2.81. The summed E-state index contributed by atoms with van der Waals surface area (Å²) in [4.78, 5) is 12.6. The smallest absolute Gasteiger partial charge is 0.244 e. The van der Waals surface area contributed by atoms with Crippen molar-refractivity contribution in [1.29, 1.82) is 0 Å². The zero-order valence-electron chi connectivity index (χ0n) is 16.6. The third-order valence-corrected chi connectivity index (χ3v) is 5.32. The van der Waals surface area contributed by atoms with E-state index in [9.17, 15) is 17.6 Å². The minimum absolute atomic E-state index is 0.197. The van der Waals surface area contributed by atoms with Crippen LogP contribution in [0.25, 0.3) is 0 Å². The Morgan fingerprint density at radius 3 is 2.21 bits per heavy atom. The Kier molecular flexibility index (Phi) is 7.83. The van der Waals surface area contributed by atoms with Gasteiger partial charge in [-0.15, -0.1) is 0 Å². The van der Waals surface area contributed by atoms with Crippen LogP contribution >= 0.6 is 0 Å². The number of hydrogen-bond acceptors (Lipinski definition) is 5. The SMILES string of the molecule is CC[C@H](C(=O)NCCOc1ccc(OC)cc1)N(c1ccc(F)cc1)S(C)(=O)=O. The van der Waals surface area contributed by atoms with Gasteiger partial charge in [0.15, 0.2) is 0 Å². The predicted molar refractivity (Wildman–Crippen MR) is 109 cm³/mol. The minimum atomic E-state index is -3.76. The highest BCUT2D eigenvalue weighted by atomic mass is 32.2. The van der Waals surface area contributed by atoms with Crippen molar-refractivity contribution in [2.24, 2.45) is 0 Å². The van der Waals surface area contributed by atoms with Gasteiger partial charge in [-0.05, 0) is 55.0 Å². The fourth-order valence-electron chi connectivity index (χ4n) is 2.78. The third kappa shape index (κ3) is 6.35. The third-order valence-electron chi connectivity index (χ3n) is 4.14. The van der Waals surface area contributed by atoms with Gasteiger partial charge in [-0.2, -0.15) is 0 Å². The number of rotatable bonds is 10. The van der Waals surface area contributed by atoms with Crippen LogP contribution in [-0.2, 0) is 14.8 Å². The monoisotopic (exact) mass is 424 g/mol. The largest absolute Gasteiger partial charge is 0.497 e. The topological polar surface area (TPSA) is 84.9 Å². The first-order valence-electron chi connectivity index (χ1n) is 9.05. The molecule has 0 aliphatic rings. The van der Waals surface area contributed by atoms with Crippen molar-refractivity contribution < 1.29 is 27.1 Å². The summed E-state index contributed by atoms with van der Waals surface area (Å²) in [5.74, 6) is 0.380. The van der Waals surface area contributed by atoms with Crippen LogP contribution < -0.4 is 19.1 Å². The number of nitrogens with one attached hydrogen (secondary N) is 1. The van der Waals surface area contributed by atoms with Gasteiger partial charge in [0.05, 0.1) is 25.6 Å². The summed E-state index contributed by atoms with van der Waals surface area (Å²) in [7, 11) is -2.19. The molecule has 9 heteroatoms. The Morgan fingerprint density at radius 1 is 1.10 bits per heavy atom. The number of hydrogen-bond donors (Lipinski definition) is 1. The Morgan fingerprint density at radius 2 is 1.69 bits per heavy atom. The van der Waals surface area contributed by atoms with Crippen LogP contribution in [0.15, 0.2) is 48.5 Å². The number of halogens is 1. The maximum Gasteiger partial charge on any atom is 0.244 e. The average molecular weight is 424 g/mol. The molecule has 0 radical (unpaired) electrons. The van der Waals surface area contributed by atoms with Crippen molar-refractivity contribution in [2.45, 2.75) is 19.4 Å². The van der Waals surface area contributed by atoms with Crippen LogP contribution in [-0.4, -0.2) is 46.9 Å². The maximum atomic E-state index is 13.2. The van der Waals surface area contributed by atoms with Crippen molar-refractivity contribution in [3.05, 3.63) is 54.3 Å². The first kappa shape index (κ1) is 22.5. The van der Waals surface area contributed by atoms with E-state index in [2.05, 4.69) is 5.32 Å². The van der Waals surface area contributed by atoms with E-state index in [1.54, 1.807) is 38.3 Å². The molecule has 1 atom stereocenters. The minimum Gasteiger partial charge on any atom is -0.497 e. The molecule has 2 aromatic carbocycles. The van der Waals surface area contributed by atoms with Gasteiger partial charge in [0, 0.05) is 0 Å². The molecule has 0 aliphatic heterocycles. The first-order valence-corrected chi connectivity index (χ1v) is 10.9. The molecule has 0 aliphatic carbocycles. The molecule has 158 valence electrons. The zero-order valence-corrected chi connectivity index (χ0v) is 17.4. The summed E-state index contributed by atoms with van der Waals surface area (Å²) in [6.07, 6.45) is 1.26. The predicted octanol–water partition coefficient (Wildman–Crippen LogP) is 2.57. The highest BCUT2D eigenvalue weighted by molar-refractivity contribution is 7.92. The number of carbonyl (C=O) groups excluding carboxylic acids is 1. The number of carbonyl (C=O) groups is 1. The molecular formula is C20H25FN2O5S. The van der Waals surface area contributed by atoms with Crippen LogP contribution in [0.1, 0.15) is 13.3 Å². The summed E-state index contributed by atoms with van der Waals surface area (Å²) in [6, 6.07) is 11.0. The lowest BCUT2D eigenvalue weighted by atomic mass is 10.2. The van der Waals surface area contributed by atoms with Crippen molar-refractivity contribution in [2.75, 3.05) is 30.8 Å². The molecule has 1 N–H and O–H groups in total. The van der Waals surface area contributed by atoms with E-state index in [0.717, 1.165) is 22.7 Å². The highest BCUT2D eigenvalue weighted by Crippen LogP contribution is 2.23. The molecule has 2 aromatic rings. The van der Waals surface area contributed by atoms with Gasteiger partial charge in [0.1, 0.15) is 30.0 Å². The zero-order chi connectivity index (χ0) is 21.4. The lowest BCUT2D eigenvalue weighted by Gasteiger charge is -2.30. The van der Waals surface area contributed by atoms with Crippen molar-refractivity contribution >= 4 is 21.6 Å². The van der Waals surface area contributed by atoms with E-state index in [0.29, 0.717) is 11.5 Å². The van der Waals surface area contributed by atoms with Gasteiger partial charge in [-0.3, -0.25) is 9.10 Å². The molecule has 0 spiro atoms. The molecule has 1 amide bonds. The van der Waals surface area contributed by atoms with E-state index in [1.807, 2.05) is 0 Å². The second-order valence-electron chi connectivity index (χ2n) is 6.27. The summed E-state index contributed by atoms with van der Waals surface area (Å²) >= 11 is 0. The quantitative estimate of drug-likeness (QED) is 0.593. The molecule has 2 rings (SSSR count). The second-order valence-corrected chi connectivity index (χ2v) is 8.13.